The Balaban J connectivity index is 1.69. The van der Waals surface area contributed by atoms with Gasteiger partial charge in [0.15, 0.2) is 0 Å². The Morgan fingerprint density at radius 3 is 1.98 bits per heavy atom. The Morgan fingerprint density at radius 2 is 1.45 bits per heavy atom. The van der Waals surface area contributed by atoms with E-state index in [1.807, 2.05) is 55.5 Å². The maximum absolute atomic E-state index is 13.4. The number of hydrogen-bond donors (Lipinski definition) is 2. The maximum atomic E-state index is 13.4. The van der Waals surface area contributed by atoms with Crippen molar-refractivity contribution in [2.75, 3.05) is 12.7 Å². The van der Waals surface area contributed by atoms with Gasteiger partial charge in [0.05, 0.1) is 12.7 Å². The van der Waals surface area contributed by atoms with E-state index in [0.29, 0.717) is 6.04 Å². The molecule has 1 atom stereocenters. The van der Waals surface area contributed by atoms with E-state index >= 15 is 0 Å². The molecule has 47 heavy (non-hydrogen) atoms. The van der Waals surface area contributed by atoms with Crippen molar-refractivity contribution in [1.29, 1.82) is 0 Å². The van der Waals surface area contributed by atoms with E-state index in [9.17, 15) is 32.3 Å². The van der Waals surface area contributed by atoms with Crippen LogP contribution in [0.1, 0.15) is 51.7 Å². The molecule has 2 N–H and O–H groups in total. The highest BCUT2D eigenvalue weighted by molar-refractivity contribution is 6.58. The van der Waals surface area contributed by atoms with Crippen molar-refractivity contribution in [2.24, 2.45) is 5.92 Å². The van der Waals surface area contributed by atoms with E-state index < -0.39 is 63.5 Å². The van der Waals surface area contributed by atoms with Crippen molar-refractivity contribution in [3.8, 4) is 0 Å². The topological polar surface area (TPSA) is 136 Å². The van der Waals surface area contributed by atoms with Crippen LogP contribution in [0.15, 0.2) is 60.7 Å². The van der Waals surface area contributed by atoms with Crippen molar-refractivity contribution in [2.45, 2.75) is 77.9 Å². The third kappa shape index (κ3) is 13.2. The Hall–Kier alpha value is -4.15. The van der Waals surface area contributed by atoms with Gasteiger partial charge >= 0.3 is 18.5 Å². The zero-order valence-corrected chi connectivity index (χ0v) is 27.9. The molecule has 3 rings (SSSR count). The van der Waals surface area contributed by atoms with Crippen molar-refractivity contribution in [3.05, 3.63) is 71.8 Å². The highest BCUT2D eigenvalue weighted by atomic mass is 28.3. The molecule has 0 unspecified atom stereocenters. The average molecular weight is 683 g/mol. The minimum absolute atomic E-state index is 0.0162. The van der Waals surface area contributed by atoms with Gasteiger partial charge in [-0.15, -0.1) is 13.2 Å². The fourth-order valence-corrected chi connectivity index (χ4v) is 6.66. The van der Waals surface area contributed by atoms with Crippen molar-refractivity contribution in [1.82, 2.24) is 20.5 Å². The normalized spacial score (nSPS) is 16.7. The monoisotopic (exact) mass is 682 g/mol. The fraction of sp³-hybridized carbons (Fsp3) is 0.484. The number of halogens is 3. The second-order valence-electron chi connectivity index (χ2n) is 11.9. The predicted octanol–water partition coefficient (Wildman–Crippen LogP) is 4.74. The van der Waals surface area contributed by atoms with Crippen LogP contribution in [0, 0.1) is 5.92 Å². The lowest BCUT2D eigenvalue weighted by Gasteiger charge is -2.34. The number of carbonyl (C=O) groups excluding carboxylic acids is 4. The molecule has 1 fully saturated rings. The first-order chi connectivity index (χ1) is 22.1. The number of nitrogens with zero attached hydrogens (tertiary/aromatic N) is 2. The Labute approximate surface area is 273 Å². The van der Waals surface area contributed by atoms with Crippen LogP contribution in [0.2, 0.25) is 6.04 Å². The molecule has 1 aliphatic rings. The summed E-state index contributed by atoms with van der Waals surface area (Å²) in [6.45, 7) is 6.25. The van der Waals surface area contributed by atoms with Crippen molar-refractivity contribution >= 4 is 33.0 Å². The number of hydrogen-bond acceptors (Lipinski definition) is 8. The molecular formula is C31H41F3N4O8Si. The van der Waals surface area contributed by atoms with Gasteiger partial charge in [-0.25, -0.2) is 14.3 Å². The number of alkyl halides is 3. The minimum atomic E-state index is -4.80. The van der Waals surface area contributed by atoms with Gasteiger partial charge in [-0.05, 0) is 50.8 Å². The number of rotatable bonds is 13. The van der Waals surface area contributed by atoms with E-state index in [-0.39, 0.29) is 32.2 Å². The van der Waals surface area contributed by atoms with Crippen molar-refractivity contribution < 1.29 is 51.4 Å². The third-order valence-corrected chi connectivity index (χ3v) is 9.74. The fourth-order valence-electron chi connectivity index (χ4n) is 4.47. The number of hydrazine groups is 1. The van der Waals surface area contributed by atoms with E-state index in [0.717, 1.165) is 16.0 Å². The van der Waals surface area contributed by atoms with Gasteiger partial charge in [-0.1, -0.05) is 67.6 Å². The van der Waals surface area contributed by atoms with Gasteiger partial charge in [-0.2, -0.15) is 0 Å². The summed E-state index contributed by atoms with van der Waals surface area (Å²) < 4.78 is 53.3. The second-order valence-corrected chi connectivity index (χ2v) is 14.9. The van der Waals surface area contributed by atoms with E-state index in [1.165, 1.54) is 4.73 Å². The number of hydroxylamine groups is 1. The molecule has 2 aromatic rings. The van der Waals surface area contributed by atoms with Crippen LogP contribution in [0.4, 0.5) is 22.8 Å². The van der Waals surface area contributed by atoms with Gasteiger partial charge in [0.1, 0.15) is 18.8 Å². The highest BCUT2D eigenvalue weighted by Crippen LogP contribution is 2.34. The third-order valence-electron chi connectivity index (χ3n) is 6.91. The first-order valence-electron chi connectivity index (χ1n) is 15.1. The predicted molar refractivity (Wildman–Crippen MR) is 165 cm³/mol. The first kappa shape index (κ1) is 37.3. The molecule has 1 aliphatic carbocycles. The Morgan fingerprint density at radius 1 is 0.872 bits per heavy atom. The summed E-state index contributed by atoms with van der Waals surface area (Å²) in [4.78, 5) is 59.0. The molecule has 0 aromatic heterocycles. The van der Waals surface area contributed by atoms with Crippen LogP contribution < -0.4 is 10.9 Å². The van der Waals surface area contributed by atoms with Crippen LogP contribution in [0.5, 0.6) is 0 Å². The summed E-state index contributed by atoms with van der Waals surface area (Å²) >= 11 is 0. The lowest BCUT2D eigenvalue weighted by Crippen LogP contribution is -2.56. The van der Waals surface area contributed by atoms with Crippen LogP contribution in [-0.2, 0) is 41.9 Å². The molecular weight excluding hydrogens is 641 g/mol. The number of ether oxygens (including phenoxy) is 3. The largest absolute Gasteiger partial charge is 0.522 e. The molecule has 12 nitrogen and oxygen atoms in total. The number of amides is 4. The lowest BCUT2D eigenvalue weighted by molar-refractivity contribution is -0.353. The number of carbonyl (C=O) groups is 4. The molecule has 0 bridgehead atoms. The molecule has 2 aromatic carbocycles. The van der Waals surface area contributed by atoms with E-state index in [4.69, 9.17) is 14.3 Å². The van der Waals surface area contributed by atoms with E-state index in [2.05, 4.69) is 15.6 Å². The molecule has 4 amide bonds. The Kier molecular flexibility index (Phi) is 13.6. The maximum Gasteiger partial charge on any atom is 0.522 e. The first-order valence-corrected chi connectivity index (χ1v) is 17.3. The highest BCUT2D eigenvalue weighted by Gasteiger charge is 2.43. The summed E-state index contributed by atoms with van der Waals surface area (Å²) in [5, 5.41) is 0. The van der Waals surface area contributed by atoms with Crippen LogP contribution in [0.3, 0.4) is 0 Å². The summed E-state index contributed by atoms with van der Waals surface area (Å²) in [6.07, 6.45) is -7.92. The summed E-state index contributed by atoms with van der Waals surface area (Å²) in [6, 6.07) is 18.6. The van der Waals surface area contributed by atoms with Crippen LogP contribution >= 0.6 is 0 Å². The standard InChI is InChI=1S/C31H41F3N4O8Si/c1-5-47(38(44-20-23-14-10-7-11-15-23)29(42)43-19-22-12-8-6-9-13-22)21-37(28(41)46-30(2,3)4)18-26(39)35-36-27(40)24-16-25(17-24)45-31(32,33)34/h6-15,24-25,47H,5,16-21H2,1-4H3,(H,35,39)(H,36,40)/t24?,25?,47-/m0/s1. The smallest absolute Gasteiger partial charge is 0.444 e. The quantitative estimate of drug-likeness (QED) is 0.229. The second kappa shape index (κ2) is 17.1. The molecule has 0 spiro atoms. The molecule has 0 heterocycles. The van der Waals surface area contributed by atoms with Crippen molar-refractivity contribution in [3.63, 3.8) is 0 Å². The van der Waals surface area contributed by atoms with Gasteiger partial charge < -0.3 is 9.47 Å². The van der Waals surface area contributed by atoms with E-state index in [1.54, 1.807) is 32.9 Å². The molecule has 0 aliphatic heterocycles. The zero-order chi connectivity index (χ0) is 34.6. The van der Waals surface area contributed by atoms with Crippen LogP contribution in [-0.4, -0.2) is 73.4 Å². The SMILES string of the molecule is CC[Si@@H](CN(CC(=O)NNC(=O)C1CC(OC(F)(F)F)C1)C(=O)OC(C)(C)C)N(OCc1ccccc1)C(=O)OCc1ccccc1. The molecule has 258 valence electrons. The molecule has 0 saturated heterocycles. The average Bonchev–Trinajstić information content (AvgIpc) is 2.99. The zero-order valence-electron chi connectivity index (χ0n) is 26.7. The van der Waals surface area contributed by atoms with Gasteiger partial charge in [0.2, 0.25) is 14.9 Å². The lowest BCUT2D eigenvalue weighted by atomic mass is 9.82. The van der Waals surface area contributed by atoms with Crippen LogP contribution in [0.25, 0.3) is 0 Å². The van der Waals surface area contributed by atoms with Gasteiger partial charge in [-0.3, -0.25) is 34.9 Å². The number of benzene rings is 2. The molecule has 16 heteroatoms. The van der Waals surface area contributed by atoms with Gasteiger partial charge in [0, 0.05) is 12.1 Å². The molecule has 0 radical (unpaired) electrons. The molecule has 1 saturated carbocycles. The van der Waals surface area contributed by atoms with Gasteiger partial charge in [0.25, 0.3) is 5.91 Å². The number of nitrogens with one attached hydrogen (secondary N) is 2. The Bertz CT molecular complexity index is 1330. The minimum Gasteiger partial charge on any atom is -0.444 e. The summed E-state index contributed by atoms with van der Waals surface area (Å²) in [5.74, 6) is -2.26. The summed E-state index contributed by atoms with van der Waals surface area (Å²) in [5.41, 5.74) is 5.02. The summed E-state index contributed by atoms with van der Waals surface area (Å²) in [7, 11) is -2.58.